The molecule has 0 fully saturated rings. The first-order valence-electron chi connectivity index (χ1n) is 9.07. The molecule has 2 aromatic rings. The largest absolute Gasteiger partial charge is 0.449 e. The van der Waals surface area contributed by atoms with Crippen LogP contribution in [0.2, 0.25) is 5.02 Å². The minimum absolute atomic E-state index is 0.0395. The number of ether oxygens (including phenoxy) is 1. The van der Waals surface area contributed by atoms with Crippen molar-refractivity contribution in [3.63, 3.8) is 0 Å². The van der Waals surface area contributed by atoms with Crippen LogP contribution in [0.1, 0.15) is 62.3 Å². The van der Waals surface area contributed by atoms with Crippen molar-refractivity contribution >= 4 is 27.6 Å². The van der Waals surface area contributed by atoms with Crippen LogP contribution < -0.4 is 0 Å². The molecule has 1 aromatic heterocycles. The summed E-state index contributed by atoms with van der Waals surface area (Å²) in [4.78, 5) is 16.5. The molecule has 28 heavy (non-hydrogen) atoms. The molecule has 8 nitrogen and oxygen atoms in total. The fourth-order valence-electron chi connectivity index (χ4n) is 2.57. The van der Waals surface area contributed by atoms with Crippen LogP contribution in [0, 0.1) is 0 Å². The summed E-state index contributed by atoms with van der Waals surface area (Å²) in [5.74, 6) is 0.0108. The summed E-state index contributed by atoms with van der Waals surface area (Å²) in [7, 11) is -3.82. The molecule has 0 spiro atoms. The van der Waals surface area contributed by atoms with Crippen molar-refractivity contribution in [2.45, 2.75) is 51.5 Å². The quantitative estimate of drug-likeness (QED) is 0.560. The predicted octanol–water partition coefficient (Wildman–Crippen LogP) is 3.62. The van der Waals surface area contributed by atoms with E-state index >= 15 is 0 Å². The summed E-state index contributed by atoms with van der Waals surface area (Å²) in [6.07, 6.45) is 0.749. The summed E-state index contributed by atoms with van der Waals surface area (Å²) < 4.78 is 37.2. The van der Waals surface area contributed by atoms with Gasteiger partial charge in [0.15, 0.2) is 11.9 Å². The van der Waals surface area contributed by atoms with E-state index in [0.717, 1.165) is 6.42 Å². The van der Waals surface area contributed by atoms with Gasteiger partial charge in [-0.05, 0) is 31.5 Å². The maximum absolute atomic E-state index is 12.8. The number of aryl methyl sites for hydroxylation is 1. The van der Waals surface area contributed by atoms with Crippen molar-refractivity contribution in [1.82, 2.24) is 14.4 Å². The molecule has 0 radical (unpaired) electrons. The standard InChI is InChI=1S/C18H24ClN3O5S/c1-5-8-16-20-17(27-21-16)12(4)26-18(23)13-9-10-14(19)15(11-13)28(24,25)22(6-2)7-3/h9-12H,5-8H2,1-4H3. The normalized spacial score (nSPS) is 12.9. The van der Waals surface area contributed by atoms with E-state index in [0.29, 0.717) is 12.2 Å². The van der Waals surface area contributed by atoms with E-state index in [1.54, 1.807) is 20.8 Å². The molecule has 0 aliphatic heterocycles. The Morgan fingerprint density at radius 1 is 1.29 bits per heavy atom. The monoisotopic (exact) mass is 429 g/mol. The van der Waals surface area contributed by atoms with Gasteiger partial charge in [0.05, 0.1) is 10.6 Å². The van der Waals surface area contributed by atoms with E-state index in [1.165, 1.54) is 22.5 Å². The number of carbonyl (C=O) groups is 1. The number of carbonyl (C=O) groups excluding carboxylic acids is 1. The van der Waals surface area contributed by atoms with Gasteiger partial charge < -0.3 is 9.26 Å². The van der Waals surface area contributed by atoms with Gasteiger partial charge in [-0.15, -0.1) is 0 Å². The van der Waals surface area contributed by atoms with E-state index < -0.39 is 22.1 Å². The van der Waals surface area contributed by atoms with E-state index in [2.05, 4.69) is 10.1 Å². The third-order valence-corrected chi connectivity index (χ3v) is 6.61. The molecule has 154 valence electrons. The predicted molar refractivity (Wildman–Crippen MR) is 104 cm³/mol. The minimum atomic E-state index is -3.82. The third kappa shape index (κ3) is 4.89. The Morgan fingerprint density at radius 3 is 2.57 bits per heavy atom. The zero-order valence-corrected chi connectivity index (χ0v) is 17.9. The summed E-state index contributed by atoms with van der Waals surface area (Å²) in [5.41, 5.74) is 0.0651. The van der Waals surface area contributed by atoms with Crippen molar-refractivity contribution in [2.75, 3.05) is 13.1 Å². The van der Waals surface area contributed by atoms with E-state index in [-0.39, 0.29) is 34.5 Å². The van der Waals surface area contributed by atoms with E-state index in [4.69, 9.17) is 20.9 Å². The summed E-state index contributed by atoms with van der Waals surface area (Å²) in [6.45, 7) is 7.63. The van der Waals surface area contributed by atoms with Crippen LogP contribution in [0.3, 0.4) is 0 Å². The van der Waals surface area contributed by atoms with Crippen molar-refractivity contribution in [3.05, 3.63) is 40.5 Å². The number of hydrogen-bond donors (Lipinski definition) is 0. The molecule has 1 heterocycles. The highest BCUT2D eigenvalue weighted by Gasteiger charge is 2.27. The van der Waals surface area contributed by atoms with Gasteiger partial charge in [0, 0.05) is 19.5 Å². The minimum Gasteiger partial charge on any atom is -0.449 e. The molecular weight excluding hydrogens is 406 g/mol. The lowest BCUT2D eigenvalue weighted by Crippen LogP contribution is -2.31. The topological polar surface area (TPSA) is 103 Å². The smallest absolute Gasteiger partial charge is 0.338 e. The van der Waals surface area contributed by atoms with Gasteiger partial charge in [0.1, 0.15) is 4.90 Å². The fraction of sp³-hybridized carbons (Fsp3) is 0.500. The van der Waals surface area contributed by atoms with Crippen LogP contribution in [0.4, 0.5) is 0 Å². The SMILES string of the molecule is CCCc1noc(C(C)OC(=O)c2ccc(Cl)c(S(=O)(=O)N(CC)CC)c2)n1. The number of esters is 1. The van der Waals surface area contributed by atoms with Gasteiger partial charge in [-0.3, -0.25) is 0 Å². The molecule has 0 aliphatic carbocycles. The molecule has 1 unspecified atom stereocenters. The highest BCUT2D eigenvalue weighted by Crippen LogP contribution is 2.27. The Hall–Kier alpha value is -1.97. The van der Waals surface area contributed by atoms with Crippen LogP contribution in [-0.4, -0.2) is 41.9 Å². The first-order valence-corrected chi connectivity index (χ1v) is 10.9. The number of sulfonamides is 1. The molecule has 10 heteroatoms. The second-order valence-corrected chi connectivity index (χ2v) is 8.39. The molecule has 0 saturated heterocycles. The molecule has 1 aromatic carbocycles. The molecule has 0 N–H and O–H groups in total. The van der Waals surface area contributed by atoms with Gasteiger partial charge in [-0.25, -0.2) is 13.2 Å². The number of rotatable bonds is 9. The molecule has 0 amide bonds. The number of halogens is 1. The zero-order valence-electron chi connectivity index (χ0n) is 16.3. The summed E-state index contributed by atoms with van der Waals surface area (Å²) >= 11 is 6.09. The van der Waals surface area contributed by atoms with Crippen LogP contribution in [0.25, 0.3) is 0 Å². The number of hydrogen-bond acceptors (Lipinski definition) is 7. The fourth-order valence-corrected chi connectivity index (χ4v) is 4.53. The Kier molecular flexibility index (Phi) is 7.56. The lowest BCUT2D eigenvalue weighted by Gasteiger charge is -2.19. The van der Waals surface area contributed by atoms with Crippen molar-refractivity contribution in [1.29, 1.82) is 0 Å². The van der Waals surface area contributed by atoms with Crippen LogP contribution >= 0.6 is 11.6 Å². The van der Waals surface area contributed by atoms with Gasteiger partial charge >= 0.3 is 5.97 Å². The second kappa shape index (κ2) is 9.49. The van der Waals surface area contributed by atoms with E-state index in [9.17, 15) is 13.2 Å². The Morgan fingerprint density at radius 2 is 1.96 bits per heavy atom. The Bertz CT molecular complexity index is 925. The van der Waals surface area contributed by atoms with Gasteiger partial charge in [-0.1, -0.05) is 37.5 Å². The maximum Gasteiger partial charge on any atom is 0.338 e. The molecule has 2 rings (SSSR count). The lowest BCUT2D eigenvalue weighted by atomic mass is 10.2. The molecule has 0 aliphatic rings. The average Bonchev–Trinajstić information content (AvgIpc) is 3.11. The Balaban J connectivity index is 2.24. The first-order chi connectivity index (χ1) is 13.2. The Labute approximate surface area is 169 Å². The second-order valence-electron chi connectivity index (χ2n) is 6.08. The molecule has 1 atom stereocenters. The lowest BCUT2D eigenvalue weighted by molar-refractivity contribution is 0.0265. The van der Waals surface area contributed by atoms with Crippen LogP contribution in [0.5, 0.6) is 0 Å². The number of benzene rings is 1. The summed E-state index contributed by atoms with van der Waals surface area (Å²) in [6, 6.07) is 4.00. The van der Waals surface area contributed by atoms with Crippen molar-refractivity contribution in [2.24, 2.45) is 0 Å². The molecule has 0 bridgehead atoms. The van der Waals surface area contributed by atoms with E-state index in [1.807, 2.05) is 6.92 Å². The zero-order chi connectivity index (χ0) is 20.9. The summed E-state index contributed by atoms with van der Waals surface area (Å²) in [5, 5.41) is 3.86. The van der Waals surface area contributed by atoms with Crippen LogP contribution in [0.15, 0.2) is 27.6 Å². The number of nitrogens with zero attached hydrogens (tertiary/aromatic N) is 3. The first kappa shape index (κ1) is 22.3. The third-order valence-electron chi connectivity index (χ3n) is 4.08. The highest BCUT2D eigenvalue weighted by atomic mass is 35.5. The van der Waals surface area contributed by atoms with Crippen molar-refractivity contribution in [3.8, 4) is 0 Å². The average molecular weight is 430 g/mol. The highest BCUT2D eigenvalue weighted by molar-refractivity contribution is 7.89. The molecular formula is C18H24ClN3O5S. The maximum atomic E-state index is 12.8. The van der Waals surface area contributed by atoms with Gasteiger partial charge in [-0.2, -0.15) is 9.29 Å². The van der Waals surface area contributed by atoms with Crippen LogP contribution in [-0.2, 0) is 21.2 Å². The number of aromatic nitrogens is 2. The molecule has 0 saturated carbocycles. The van der Waals surface area contributed by atoms with Gasteiger partial charge in [0.25, 0.3) is 5.89 Å². The van der Waals surface area contributed by atoms with Crippen molar-refractivity contribution < 1.29 is 22.5 Å². The van der Waals surface area contributed by atoms with Gasteiger partial charge in [0.2, 0.25) is 10.0 Å².